The van der Waals surface area contributed by atoms with Gasteiger partial charge in [0.25, 0.3) is 0 Å². The number of hydrogen-bond donors (Lipinski definition) is 1. The zero-order chi connectivity index (χ0) is 19.4. The number of aromatic nitrogens is 1. The third-order valence-corrected chi connectivity index (χ3v) is 6.47. The van der Waals surface area contributed by atoms with Crippen LogP contribution in [0.2, 0.25) is 0 Å². The van der Waals surface area contributed by atoms with Crippen molar-refractivity contribution in [2.75, 3.05) is 5.32 Å². The van der Waals surface area contributed by atoms with E-state index in [9.17, 15) is 4.79 Å². The number of carbonyl (C=O) groups is 1. The molecule has 0 spiro atoms. The van der Waals surface area contributed by atoms with Crippen LogP contribution in [0.15, 0.2) is 47.8 Å². The van der Waals surface area contributed by atoms with Crippen LogP contribution in [0.3, 0.4) is 0 Å². The molecule has 3 nitrogen and oxygen atoms in total. The molecule has 1 unspecified atom stereocenters. The van der Waals surface area contributed by atoms with Crippen molar-refractivity contribution in [2.24, 2.45) is 0 Å². The number of carbonyl (C=O) groups excluding carboxylic acids is 1. The van der Waals surface area contributed by atoms with Crippen molar-refractivity contribution in [3.8, 4) is 10.6 Å². The third kappa shape index (κ3) is 5.21. The van der Waals surface area contributed by atoms with Crippen LogP contribution in [0.25, 0.3) is 10.6 Å². The van der Waals surface area contributed by atoms with Gasteiger partial charge >= 0.3 is 0 Å². The van der Waals surface area contributed by atoms with Gasteiger partial charge in [0, 0.05) is 22.4 Å². The monoisotopic (exact) mass is 396 g/mol. The number of benzene rings is 2. The molecule has 0 aliphatic heterocycles. The van der Waals surface area contributed by atoms with Gasteiger partial charge in [-0.15, -0.1) is 23.1 Å². The van der Waals surface area contributed by atoms with Crippen LogP contribution in [0, 0.1) is 20.8 Å². The summed E-state index contributed by atoms with van der Waals surface area (Å²) in [6.45, 7) is 8.06. The van der Waals surface area contributed by atoms with Gasteiger partial charge in [-0.3, -0.25) is 4.79 Å². The van der Waals surface area contributed by atoms with Gasteiger partial charge in [-0.1, -0.05) is 42.0 Å². The molecule has 0 aliphatic rings. The van der Waals surface area contributed by atoms with Crippen LogP contribution in [-0.4, -0.2) is 16.1 Å². The Kier molecular flexibility index (Phi) is 6.34. The quantitative estimate of drug-likeness (QED) is 0.556. The summed E-state index contributed by atoms with van der Waals surface area (Å²) in [7, 11) is 0. The minimum atomic E-state index is -0.144. The fraction of sp³-hybridized carbons (Fsp3) is 0.273. The molecule has 27 heavy (non-hydrogen) atoms. The number of nitrogens with zero attached hydrogens (tertiary/aromatic N) is 1. The molecule has 0 aliphatic carbocycles. The van der Waals surface area contributed by atoms with Crippen LogP contribution in [0.5, 0.6) is 0 Å². The van der Waals surface area contributed by atoms with E-state index in [0.717, 1.165) is 38.8 Å². The average molecular weight is 397 g/mol. The zero-order valence-electron chi connectivity index (χ0n) is 16.1. The summed E-state index contributed by atoms with van der Waals surface area (Å²) in [5.41, 5.74) is 6.52. The molecule has 0 bridgehead atoms. The van der Waals surface area contributed by atoms with Crippen molar-refractivity contribution < 1.29 is 4.79 Å². The first-order chi connectivity index (χ1) is 12.9. The summed E-state index contributed by atoms with van der Waals surface area (Å²) in [5, 5.41) is 6.01. The summed E-state index contributed by atoms with van der Waals surface area (Å²) < 4.78 is 0. The van der Waals surface area contributed by atoms with Gasteiger partial charge in [-0.2, -0.15) is 0 Å². The Bertz CT molecular complexity index is 932. The van der Waals surface area contributed by atoms with E-state index >= 15 is 0 Å². The lowest BCUT2D eigenvalue weighted by molar-refractivity contribution is -0.115. The molecule has 5 heteroatoms. The predicted molar refractivity (Wildman–Crippen MR) is 118 cm³/mol. The topological polar surface area (TPSA) is 42.0 Å². The number of rotatable bonds is 6. The molecule has 1 aromatic heterocycles. The Morgan fingerprint density at radius 1 is 1.11 bits per heavy atom. The smallest absolute Gasteiger partial charge is 0.237 e. The Morgan fingerprint density at radius 3 is 2.56 bits per heavy atom. The largest absolute Gasteiger partial charge is 0.325 e. The molecule has 1 heterocycles. The fourth-order valence-electron chi connectivity index (χ4n) is 2.59. The Labute approximate surface area is 169 Å². The van der Waals surface area contributed by atoms with Crippen LogP contribution in [0.1, 0.15) is 29.3 Å². The summed E-state index contributed by atoms with van der Waals surface area (Å²) in [4.78, 5) is 17.2. The summed E-state index contributed by atoms with van der Waals surface area (Å²) in [6.07, 6.45) is 0. The van der Waals surface area contributed by atoms with E-state index in [2.05, 4.69) is 48.0 Å². The maximum Gasteiger partial charge on any atom is 0.237 e. The number of thioether (sulfide) groups is 1. The normalized spacial score (nSPS) is 12.0. The fourth-order valence-corrected chi connectivity index (χ4v) is 4.30. The standard InChI is InChI=1S/C22H24N2OS2/c1-14-6-9-18(10-7-14)22-23-19(13-27-22)12-26-17(4)21(25)24-20-11-15(2)5-8-16(20)3/h5-11,13,17H,12H2,1-4H3,(H,24,25). The maximum atomic E-state index is 12.5. The van der Waals surface area contributed by atoms with E-state index < -0.39 is 0 Å². The highest BCUT2D eigenvalue weighted by Crippen LogP contribution is 2.27. The molecule has 140 valence electrons. The minimum absolute atomic E-state index is 0.0303. The SMILES string of the molecule is Cc1ccc(-c2nc(CSC(C)C(=O)Nc3cc(C)ccc3C)cs2)cc1. The molecule has 2 aromatic carbocycles. The molecular weight excluding hydrogens is 372 g/mol. The number of aryl methyl sites for hydroxylation is 3. The molecule has 3 rings (SSSR count). The van der Waals surface area contributed by atoms with Crippen molar-refractivity contribution in [3.05, 3.63) is 70.2 Å². The van der Waals surface area contributed by atoms with Crippen molar-refractivity contribution >= 4 is 34.7 Å². The number of amides is 1. The zero-order valence-corrected chi connectivity index (χ0v) is 17.7. The van der Waals surface area contributed by atoms with Crippen LogP contribution < -0.4 is 5.32 Å². The second-order valence-corrected chi connectivity index (χ2v) is 8.96. The van der Waals surface area contributed by atoms with Gasteiger partial charge in [-0.25, -0.2) is 4.98 Å². The first kappa shape index (κ1) is 19.6. The average Bonchev–Trinajstić information content (AvgIpc) is 3.12. The number of anilines is 1. The van der Waals surface area contributed by atoms with Crippen molar-refractivity contribution in [3.63, 3.8) is 0 Å². The summed E-state index contributed by atoms with van der Waals surface area (Å²) in [5.74, 6) is 0.756. The van der Waals surface area contributed by atoms with Gasteiger partial charge in [0.2, 0.25) is 5.91 Å². The third-order valence-electron chi connectivity index (χ3n) is 4.35. The first-order valence-electron chi connectivity index (χ1n) is 8.93. The molecule has 1 amide bonds. The van der Waals surface area contributed by atoms with E-state index in [1.165, 1.54) is 5.56 Å². The van der Waals surface area contributed by atoms with E-state index in [0.29, 0.717) is 0 Å². The molecule has 3 aromatic rings. The van der Waals surface area contributed by atoms with Crippen LogP contribution in [-0.2, 0) is 10.5 Å². The molecular formula is C22H24N2OS2. The molecule has 0 radical (unpaired) electrons. The van der Waals surface area contributed by atoms with Crippen LogP contribution in [0.4, 0.5) is 5.69 Å². The van der Waals surface area contributed by atoms with Gasteiger partial charge in [-0.05, 0) is 44.9 Å². The van der Waals surface area contributed by atoms with Gasteiger partial charge in [0.05, 0.1) is 10.9 Å². The highest BCUT2D eigenvalue weighted by molar-refractivity contribution is 7.99. The minimum Gasteiger partial charge on any atom is -0.325 e. The molecule has 0 saturated heterocycles. The molecule has 1 N–H and O–H groups in total. The van der Waals surface area contributed by atoms with Crippen molar-refractivity contribution in [1.29, 1.82) is 0 Å². The van der Waals surface area contributed by atoms with E-state index in [1.54, 1.807) is 23.1 Å². The maximum absolute atomic E-state index is 12.5. The van der Waals surface area contributed by atoms with Gasteiger partial charge in [0.15, 0.2) is 0 Å². The number of hydrogen-bond acceptors (Lipinski definition) is 4. The highest BCUT2D eigenvalue weighted by atomic mass is 32.2. The van der Waals surface area contributed by atoms with E-state index in [1.807, 2.05) is 32.9 Å². The molecule has 0 fully saturated rings. The molecule has 1 atom stereocenters. The number of nitrogens with one attached hydrogen (secondary N) is 1. The van der Waals surface area contributed by atoms with Crippen LogP contribution >= 0.6 is 23.1 Å². The first-order valence-corrected chi connectivity index (χ1v) is 10.9. The summed E-state index contributed by atoms with van der Waals surface area (Å²) >= 11 is 3.26. The Hall–Kier alpha value is -2.11. The lowest BCUT2D eigenvalue weighted by atomic mass is 10.1. The predicted octanol–water partition coefficient (Wildman–Crippen LogP) is 6.00. The van der Waals surface area contributed by atoms with Gasteiger partial charge < -0.3 is 5.32 Å². The van der Waals surface area contributed by atoms with E-state index in [4.69, 9.17) is 4.98 Å². The summed E-state index contributed by atoms with van der Waals surface area (Å²) in [6, 6.07) is 14.5. The highest BCUT2D eigenvalue weighted by Gasteiger charge is 2.15. The lowest BCUT2D eigenvalue weighted by Gasteiger charge is -2.13. The van der Waals surface area contributed by atoms with Gasteiger partial charge in [0.1, 0.15) is 5.01 Å². The van der Waals surface area contributed by atoms with Crippen molar-refractivity contribution in [2.45, 2.75) is 38.7 Å². The lowest BCUT2D eigenvalue weighted by Crippen LogP contribution is -2.23. The van der Waals surface area contributed by atoms with Crippen molar-refractivity contribution in [1.82, 2.24) is 4.98 Å². The Morgan fingerprint density at radius 2 is 1.81 bits per heavy atom. The Balaban J connectivity index is 1.57. The van der Waals surface area contributed by atoms with E-state index in [-0.39, 0.29) is 11.2 Å². The molecule has 0 saturated carbocycles. The second-order valence-electron chi connectivity index (χ2n) is 6.77. The number of thiazole rings is 1. The second kappa shape index (κ2) is 8.72.